The Balaban J connectivity index is 2.33. The summed E-state index contributed by atoms with van der Waals surface area (Å²) in [5.74, 6) is 0.0341. The Hall–Kier alpha value is -0.610. The molecule has 0 aromatic carbocycles. The van der Waals surface area contributed by atoms with E-state index in [1.807, 2.05) is 0 Å². The van der Waals surface area contributed by atoms with Crippen molar-refractivity contribution in [3.8, 4) is 0 Å². The number of hydrogen-bond acceptors (Lipinski definition) is 3. The molecule has 0 aromatic heterocycles. The molecule has 1 aliphatic rings. The molecule has 1 heterocycles. The third-order valence-corrected chi connectivity index (χ3v) is 2.90. The molecule has 1 saturated heterocycles. The van der Waals surface area contributed by atoms with Gasteiger partial charge in [0.1, 0.15) is 0 Å². The molecule has 3 atom stereocenters. The van der Waals surface area contributed by atoms with E-state index in [0.29, 0.717) is 13.0 Å². The third-order valence-electron chi connectivity index (χ3n) is 2.90. The molecule has 0 aliphatic carbocycles. The average Bonchev–Trinajstić information content (AvgIpc) is 2.64. The second-order valence-electron chi connectivity index (χ2n) is 4.25. The second-order valence-corrected chi connectivity index (χ2v) is 4.25. The van der Waals surface area contributed by atoms with Crippen molar-refractivity contribution in [2.45, 2.75) is 57.7 Å². The number of aliphatic hydroxyl groups excluding tert-OH is 1. The first-order chi connectivity index (χ1) is 7.17. The summed E-state index contributed by atoms with van der Waals surface area (Å²) in [5, 5.41) is 15.3. The minimum atomic E-state index is -0.369. The van der Waals surface area contributed by atoms with Gasteiger partial charge in [0.25, 0.3) is 0 Å². The fourth-order valence-electron chi connectivity index (χ4n) is 1.95. The summed E-state index contributed by atoms with van der Waals surface area (Å²) in [4.78, 5) is 11.8. The van der Waals surface area contributed by atoms with Crippen molar-refractivity contribution in [2.24, 2.45) is 0 Å². The fourth-order valence-corrected chi connectivity index (χ4v) is 1.95. The van der Waals surface area contributed by atoms with Crippen LogP contribution in [0.5, 0.6) is 0 Å². The Kier molecular flexibility index (Phi) is 5.05. The topological polar surface area (TPSA) is 61.4 Å². The molecule has 1 fully saturated rings. The van der Waals surface area contributed by atoms with Gasteiger partial charge in [-0.3, -0.25) is 4.79 Å². The summed E-state index contributed by atoms with van der Waals surface area (Å²) in [6.07, 6.45) is 3.24. The largest absolute Gasteiger partial charge is 0.392 e. The molecule has 88 valence electrons. The Labute approximate surface area is 91.4 Å². The normalized spacial score (nSPS) is 27.7. The summed E-state index contributed by atoms with van der Waals surface area (Å²) in [7, 11) is 0. The van der Waals surface area contributed by atoms with Crippen molar-refractivity contribution in [2.75, 3.05) is 6.54 Å². The van der Waals surface area contributed by atoms with Crippen LogP contribution in [-0.2, 0) is 4.79 Å². The van der Waals surface area contributed by atoms with Crippen molar-refractivity contribution in [3.63, 3.8) is 0 Å². The summed E-state index contributed by atoms with van der Waals surface area (Å²) in [6, 6.07) is 0.0768. The minimum absolute atomic E-state index is 0.0341. The lowest BCUT2D eigenvalue weighted by Crippen LogP contribution is -2.44. The number of carbonyl (C=O) groups excluding carboxylic acids is 1. The molecule has 1 aliphatic heterocycles. The Bertz CT molecular complexity index is 209. The molecule has 1 amide bonds. The number of rotatable bonds is 5. The van der Waals surface area contributed by atoms with E-state index >= 15 is 0 Å². The quantitative estimate of drug-likeness (QED) is 0.621. The van der Waals surface area contributed by atoms with E-state index in [1.54, 1.807) is 0 Å². The Morgan fingerprint density at radius 3 is 2.80 bits per heavy atom. The lowest BCUT2D eigenvalue weighted by molar-refractivity contribution is -0.123. The molecule has 0 aromatic rings. The zero-order valence-corrected chi connectivity index (χ0v) is 9.62. The summed E-state index contributed by atoms with van der Waals surface area (Å²) >= 11 is 0. The van der Waals surface area contributed by atoms with Crippen LogP contribution < -0.4 is 10.6 Å². The molecule has 0 saturated carbocycles. The maximum Gasteiger partial charge on any atom is 0.237 e. The second kappa shape index (κ2) is 6.08. The standard InChI is InChI=1S/C11H22N2O2/c1-3-5-8(4-2)13-11(15)10-6-9(14)7-12-10/h8-10,12,14H,3-7H2,1-2H3,(H,13,15). The number of amides is 1. The highest BCUT2D eigenvalue weighted by Gasteiger charge is 2.28. The molecule has 0 spiro atoms. The first-order valence-corrected chi connectivity index (χ1v) is 5.89. The molecule has 4 nitrogen and oxygen atoms in total. The lowest BCUT2D eigenvalue weighted by atomic mass is 10.1. The molecular weight excluding hydrogens is 192 g/mol. The summed E-state index contributed by atoms with van der Waals surface area (Å²) in [5.41, 5.74) is 0. The van der Waals surface area contributed by atoms with E-state index in [4.69, 9.17) is 0 Å². The molecule has 1 rings (SSSR count). The van der Waals surface area contributed by atoms with Crippen LogP contribution in [0.3, 0.4) is 0 Å². The van der Waals surface area contributed by atoms with Crippen LogP contribution in [0.4, 0.5) is 0 Å². The smallest absolute Gasteiger partial charge is 0.237 e. The molecular formula is C11H22N2O2. The SMILES string of the molecule is CCCC(CC)NC(=O)C1CC(O)CN1. The Morgan fingerprint density at radius 1 is 1.60 bits per heavy atom. The zero-order chi connectivity index (χ0) is 11.3. The van der Waals surface area contributed by atoms with Gasteiger partial charge in [-0.05, 0) is 19.3 Å². The van der Waals surface area contributed by atoms with Crippen LogP contribution in [0.1, 0.15) is 39.5 Å². The number of hydrogen-bond donors (Lipinski definition) is 3. The van der Waals surface area contributed by atoms with Gasteiger partial charge in [0.05, 0.1) is 12.1 Å². The van der Waals surface area contributed by atoms with Crippen LogP contribution in [0.25, 0.3) is 0 Å². The first-order valence-electron chi connectivity index (χ1n) is 5.89. The van der Waals surface area contributed by atoms with Crippen molar-refractivity contribution in [1.29, 1.82) is 0 Å². The van der Waals surface area contributed by atoms with Crippen molar-refractivity contribution < 1.29 is 9.90 Å². The molecule has 0 bridgehead atoms. The van der Waals surface area contributed by atoms with Gasteiger partial charge in [0, 0.05) is 12.6 Å². The van der Waals surface area contributed by atoms with Crippen LogP contribution in [0, 0.1) is 0 Å². The summed E-state index contributed by atoms with van der Waals surface area (Å²) in [6.45, 7) is 4.73. The average molecular weight is 214 g/mol. The van der Waals surface area contributed by atoms with Gasteiger partial charge >= 0.3 is 0 Å². The Morgan fingerprint density at radius 2 is 2.33 bits per heavy atom. The molecule has 15 heavy (non-hydrogen) atoms. The predicted octanol–water partition coefficient (Wildman–Crippen LogP) is 0.404. The maximum absolute atomic E-state index is 11.8. The van der Waals surface area contributed by atoms with E-state index in [1.165, 1.54) is 0 Å². The van der Waals surface area contributed by atoms with Crippen LogP contribution in [0.2, 0.25) is 0 Å². The lowest BCUT2D eigenvalue weighted by Gasteiger charge is -2.18. The number of aliphatic hydroxyl groups is 1. The van der Waals surface area contributed by atoms with Crippen molar-refractivity contribution in [1.82, 2.24) is 10.6 Å². The van der Waals surface area contributed by atoms with Gasteiger partial charge in [-0.2, -0.15) is 0 Å². The number of nitrogens with one attached hydrogen (secondary N) is 2. The summed E-state index contributed by atoms with van der Waals surface area (Å²) < 4.78 is 0. The van der Waals surface area contributed by atoms with E-state index in [-0.39, 0.29) is 24.1 Å². The molecule has 0 radical (unpaired) electrons. The highest BCUT2D eigenvalue weighted by atomic mass is 16.3. The highest BCUT2D eigenvalue weighted by Crippen LogP contribution is 2.08. The van der Waals surface area contributed by atoms with E-state index in [2.05, 4.69) is 24.5 Å². The monoisotopic (exact) mass is 214 g/mol. The van der Waals surface area contributed by atoms with Crippen LogP contribution >= 0.6 is 0 Å². The van der Waals surface area contributed by atoms with Gasteiger partial charge < -0.3 is 15.7 Å². The van der Waals surface area contributed by atoms with Gasteiger partial charge in [-0.15, -0.1) is 0 Å². The molecule has 3 unspecified atom stereocenters. The zero-order valence-electron chi connectivity index (χ0n) is 9.62. The van der Waals surface area contributed by atoms with Gasteiger partial charge in [0.2, 0.25) is 5.91 Å². The van der Waals surface area contributed by atoms with Crippen LogP contribution in [0.15, 0.2) is 0 Å². The van der Waals surface area contributed by atoms with E-state index in [9.17, 15) is 9.90 Å². The van der Waals surface area contributed by atoms with Crippen LogP contribution in [-0.4, -0.2) is 35.7 Å². The minimum Gasteiger partial charge on any atom is -0.392 e. The van der Waals surface area contributed by atoms with Gasteiger partial charge in [-0.1, -0.05) is 20.3 Å². The number of β-amino-alcohol motifs (C(OH)–C–C–N with tert-alkyl or cyclic N) is 1. The van der Waals surface area contributed by atoms with E-state index < -0.39 is 0 Å². The predicted molar refractivity (Wildman–Crippen MR) is 59.5 cm³/mol. The third kappa shape index (κ3) is 3.80. The van der Waals surface area contributed by atoms with Gasteiger partial charge in [-0.25, -0.2) is 0 Å². The first kappa shape index (κ1) is 12.5. The molecule has 3 N–H and O–H groups in total. The van der Waals surface area contributed by atoms with Gasteiger partial charge in [0.15, 0.2) is 0 Å². The maximum atomic E-state index is 11.8. The number of carbonyl (C=O) groups is 1. The van der Waals surface area contributed by atoms with Crippen molar-refractivity contribution >= 4 is 5.91 Å². The highest BCUT2D eigenvalue weighted by molar-refractivity contribution is 5.82. The fraction of sp³-hybridized carbons (Fsp3) is 0.909. The van der Waals surface area contributed by atoms with Crippen molar-refractivity contribution in [3.05, 3.63) is 0 Å². The molecule has 4 heteroatoms. The van der Waals surface area contributed by atoms with E-state index in [0.717, 1.165) is 19.3 Å².